The first-order chi connectivity index (χ1) is 12.8. The fourth-order valence-electron chi connectivity index (χ4n) is 3.16. The maximum absolute atomic E-state index is 12.7. The van der Waals surface area contributed by atoms with Gasteiger partial charge >= 0.3 is 0 Å². The number of carbonyl (C=O) groups is 1. The summed E-state index contributed by atoms with van der Waals surface area (Å²) in [6.07, 6.45) is 3.99. The molecule has 0 N–H and O–H groups in total. The van der Waals surface area contributed by atoms with Crippen LogP contribution in [0, 0.1) is 0 Å². The minimum Gasteiger partial charge on any atom is -0.373 e. The van der Waals surface area contributed by atoms with Gasteiger partial charge in [0.15, 0.2) is 0 Å². The lowest BCUT2D eigenvalue weighted by Crippen LogP contribution is -2.43. The zero-order chi connectivity index (χ0) is 17.8. The van der Waals surface area contributed by atoms with E-state index < -0.39 is 0 Å². The van der Waals surface area contributed by atoms with Crippen molar-refractivity contribution in [2.75, 3.05) is 13.2 Å². The average molecular weight is 368 g/mol. The highest BCUT2D eigenvalue weighted by molar-refractivity contribution is 7.08. The van der Waals surface area contributed by atoms with E-state index in [1.807, 2.05) is 50.7 Å². The first kappa shape index (κ1) is 16.9. The van der Waals surface area contributed by atoms with Crippen LogP contribution in [0.3, 0.4) is 0 Å². The Morgan fingerprint density at radius 2 is 2.23 bits per heavy atom. The van der Waals surface area contributed by atoms with Gasteiger partial charge in [-0.2, -0.15) is 16.4 Å². The van der Waals surface area contributed by atoms with Crippen LogP contribution in [0.25, 0.3) is 0 Å². The summed E-state index contributed by atoms with van der Waals surface area (Å²) in [5.74, 6) is 0.144. The Balaban J connectivity index is 1.40. The molecule has 1 amide bonds. The van der Waals surface area contributed by atoms with Crippen molar-refractivity contribution in [1.82, 2.24) is 19.7 Å². The molecular weight excluding hydrogens is 348 g/mol. The molecule has 1 aliphatic rings. The molecule has 26 heavy (non-hydrogen) atoms. The molecule has 0 bridgehead atoms. The Bertz CT molecular complexity index is 848. The summed E-state index contributed by atoms with van der Waals surface area (Å²) >= 11 is 1.62. The molecule has 0 radical (unpaired) electrons. The van der Waals surface area contributed by atoms with Crippen LogP contribution >= 0.6 is 11.3 Å². The molecular formula is C19H20N4O2S. The Labute approximate surface area is 156 Å². The van der Waals surface area contributed by atoms with Crippen LogP contribution < -0.4 is 0 Å². The van der Waals surface area contributed by atoms with Crippen molar-refractivity contribution < 1.29 is 9.53 Å². The van der Waals surface area contributed by atoms with Crippen LogP contribution in [0.4, 0.5) is 0 Å². The number of ether oxygens (including phenoxy) is 1. The van der Waals surface area contributed by atoms with Crippen molar-refractivity contribution >= 4 is 17.2 Å². The van der Waals surface area contributed by atoms with Gasteiger partial charge in [0.05, 0.1) is 43.6 Å². The van der Waals surface area contributed by atoms with E-state index in [0.717, 1.165) is 17.0 Å². The third kappa shape index (κ3) is 3.84. The van der Waals surface area contributed by atoms with E-state index in [-0.39, 0.29) is 11.9 Å². The first-order valence-corrected chi connectivity index (χ1v) is 9.53. The monoisotopic (exact) mass is 368 g/mol. The van der Waals surface area contributed by atoms with Gasteiger partial charge in [0.25, 0.3) is 0 Å². The number of aromatic nitrogens is 3. The largest absolute Gasteiger partial charge is 0.373 e. The number of hydrogen-bond acceptors (Lipinski definition) is 5. The summed E-state index contributed by atoms with van der Waals surface area (Å²) in [7, 11) is 0. The quantitative estimate of drug-likeness (QED) is 0.671. The molecule has 0 spiro atoms. The highest BCUT2D eigenvalue weighted by Crippen LogP contribution is 2.22. The van der Waals surface area contributed by atoms with Gasteiger partial charge in [-0.05, 0) is 40.6 Å². The smallest absolute Gasteiger partial charge is 0.227 e. The third-order valence-corrected chi connectivity index (χ3v) is 5.19. The maximum atomic E-state index is 12.7. The molecule has 1 aliphatic heterocycles. The van der Waals surface area contributed by atoms with Gasteiger partial charge < -0.3 is 9.64 Å². The van der Waals surface area contributed by atoms with E-state index in [1.54, 1.807) is 23.7 Å². The van der Waals surface area contributed by atoms with Crippen LogP contribution in [0.15, 0.2) is 53.5 Å². The topological polar surface area (TPSA) is 60.2 Å². The second kappa shape index (κ2) is 7.80. The molecule has 4 heterocycles. The molecule has 1 atom stereocenters. The molecule has 3 aromatic heterocycles. The van der Waals surface area contributed by atoms with Crippen LogP contribution in [0.2, 0.25) is 0 Å². The van der Waals surface area contributed by atoms with Crippen molar-refractivity contribution in [3.63, 3.8) is 0 Å². The van der Waals surface area contributed by atoms with Gasteiger partial charge in [-0.3, -0.25) is 14.5 Å². The Hall–Kier alpha value is -2.51. The zero-order valence-electron chi connectivity index (χ0n) is 14.3. The van der Waals surface area contributed by atoms with E-state index in [9.17, 15) is 4.79 Å². The van der Waals surface area contributed by atoms with Crippen molar-refractivity contribution in [2.45, 2.75) is 25.6 Å². The number of thiophene rings is 1. The molecule has 3 aromatic rings. The maximum Gasteiger partial charge on any atom is 0.227 e. The SMILES string of the molecule is O=C(Cc1ccsc1)N1Cc2ccnn2C(COCc2ccccn2)C1. The Morgan fingerprint density at radius 3 is 3.04 bits per heavy atom. The van der Waals surface area contributed by atoms with Crippen LogP contribution in [0.1, 0.15) is 23.0 Å². The lowest BCUT2D eigenvalue weighted by molar-refractivity contribution is -0.133. The molecule has 134 valence electrons. The van der Waals surface area contributed by atoms with E-state index in [0.29, 0.717) is 32.7 Å². The third-order valence-electron chi connectivity index (χ3n) is 4.46. The van der Waals surface area contributed by atoms with E-state index in [4.69, 9.17) is 4.74 Å². The van der Waals surface area contributed by atoms with Crippen molar-refractivity contribution in [2.24, 2.45) is 0 Å². The van der Waals surface area contributed by atoms with Gasteiger partial charge in [-0.1, -0.05) is 6.07 Å². The van der Waals surface area contributed by atoms with E-state index in [2.05, 4.69) is 10.1 Å². The van der Waals surface area contributed by atoms with Crippen LogP contribution in [-0.2, 0) is 29.1 Å². The van der Waals surface area contributed by atoms with Crippen molar-refractivity contribution in [1.29, 1.82) is 0 Å². The molecule has 6 nitrogen and oxygen atoms in total. The summed E-state index contributed by atoms with van der Waals surface area (Å²) in [6, 6.07) is 9.76. The highest BCUT2D eigenvalue weighted by Gasteiger charge is 2.28. The molecule has 4 rings (SSSR count). The summed E-state index contributed by atoms with van der Waals surface area (Å²) < 4.78 is 7.84. The molecule has 0 saturated carbocycles. The molecule has 0 aromatic carbocycles. The molecule has 7 heteroatoms. The van der Waals surface area contributed by atoms with Gasteiger partial charge in [-0.25, -0.2) is 0 Å². The van der Waals surface area contributed by atoms with Crippen LogP contribution in [0.5, 0.6) is 0 Å². The van der Waals surface area contributed by atoms with Gasteiger partial charge in [0.2, 0.25) is 5.91 Å². The minimum atomic E-state index is 0.0175. The Kier molecular flexibility index (Phi) is 5.08. The lowest BCUT2D eigenvalue weighted by Gasteiger charge is -2.33. The summed E-state index contributed by atoms with van der Waals surface area (Å²) in [4.78, 5) is 18.9. The lowest BCUT2D eigenvalue weighted by atomic mass is 10.1. The summed E-state index contributed by atoms with van der Waals surface area (Å²) in [5.41, 5.74) is 3.01. The number of rotatable bonds is 6. The number of fused-ring (bicyclic) bond motifs is 1. The second-order valence-corrected chi connectivity index (χ2v) is 7.12. The standard InChI is InChI=1S/C19H20N4O2S/c24-19(9-15-5-8-26-14-15)22-10-17-4-7-21-23(17)18(11-22)13-25-12-16-3-1-2-6-20-16/h1-8,14,18H,9-13H2. The van der Waals surface area contributed by atoms with Crippen molar-refractivity contribution in [3.05, 3.63) is 70.4 Å². The summed E-state index contributed by atoms with van der Waals surface area (Å²) in [5, 5.41) is 8.45. The number of pyridine rings is 1. The summed E-state index contributed by atoms with van der Waals surface area (Å²) in [6.45, 7) is 2.16. The highest BCUT2D eigenvalue weighted by atomic mass is 32.1. The fourth-order valence-corrected chi connectivity index (χ4v) is 3.83. The molecule has 0 fully saturated rings. The fraction of sp³-hybridized carbons (Fsp3) is 0.316. The van der Waals surface area contributed by atoms with Gasteiger partial charge in [0, 0.05) is 18.9 Å². The Morgan fingerprint density at radius 1 is 1.27 bits per heavy atom. The first-order valence-electron chi connectivity index (χ1n) is 8.58. The van der Waals surface area contributed by atoms with Crippen LogP contribution in [-0.4, -0.2) is 38.7 Å². The zero-order valence-corrected chi connectivity index (χ0v) is 15.1. The molecule has 1 unspecified atom stereocenters. The molecule has 0 aliphatic carbocycles. The number of amides is 1. The average Bonchev–Trinajstić information content (AvgIpc) is 3.34. The van der Waals surface area contributed by atoms with Crippen molar-refractivity contribution in [3.8, 4) is 0 Å². The number of carbonyl (C=O) groups excluding carboxylic acids is 1. The number of nitrogens with zero attached hydrogens (tertiary/aromatic N) is 4. The second-order valence-electron chi connectivity index (χ2n) is 6.34. The van der Waals surface area contributed by atoms with E-state index >= 15 is 0 Å². The minimum absolute atomic E-state index is 0.0175. The van der Waals surface area contributed by atoms with E-state index in [1.165, 1.54) is 0 Å². The normalized spacial score (nSPS) is 16.5. The van der Waals surface area contributed by atoms with Gasteiger partial charge in [-0.15, -0.1) is 0 Å². The number of hydrogen-bond donors (Lipinski definition) is 0. The predicted octanol–water partition coefficient (Wildman–Crippen LogP) is 2.68. The molecule has 0 saturated heterocycles. The van der Waals surface area contributed by atoms with Gasteiger partial charge in [0.1, 0.15) is 0 Å². The predicted molar refractivity (Wildman–Crippen MR) is 98.6 cm³/mol.